The number of rotatable bonds is 1. The van der Waals surface area contributed by atoms with Crippen molar-refractivity contribution in [3.63, 3.8) is 0 Å². The first-order chi connectivity index (χ1) is 5.38. The van der Waals surface area contributed by atoms with Crippen LogP contribution in [0.3, 0.4) is 0 Å². The van der Waals surface area contributed by atoms with Crippen molar-refractivity contribution in [1.29, 1.82) is 0 Å². The van der Waals surface area contributed by atoms with Crippen LogP contribution in [0, 0.1) is 22.2 Å². The lowest BCUT2D eigenvalue weighted by atomic mass is 9.74. The van der Waals surface area contributed by atoms with Crippen LogP contribution in [0.15, 0.2) is 0 Å². The van der Waals surface area contributed by atoms with Gasteiger partial charge in [0.15, 0.2) is 0 Å². The van der Waals surface area contributed by atoms with Crippen LogP contribution in [0.4, 0.5) is 0 Å². The maximum absolute atomic E-state index is 2.50. The van der Waals surface area contributed by atoms with Crippen LogP contribution in [-0.4, -0.2) is 0 Å². The van der Waals surface area contributed by atoms with Crippen molar-refractivity contribution in [2.45, 2.75) is 53.9 Å². The summed E-state index contributed by atoms with van der Waals surface area (Å²) in [5, 5.41) is 0. The van der Waals surface area contributed by atoms with Crippen molar-refractivity contribution in [3.8, 4) is 0 Å². The zero-order chi connectivity index (χ0) is 9.20. The van der Waals surface area contributed by atoms with E-state index in [1.807, 2.05) is 0 Å². The van der Waals surface area contributed by atoms with Gasteiger partial charge in [-0.2, -0.15) is 0 Å². The molecule has 0 bridgehead atoms. The molecule has 3 unspecified atom stereocenters. The smallest absolute Gasteiger partial charge is 0.0210 e. The Bertz CT molecular complexity index is 216. The summed E-state index contributed by atoms with van der Waals surface area (Å²) in [6, 6.07) is 0. The fraction of sp³-hybridized carbons (Fsp3) is 1.00. The summed E-state index contributed by atoms with van der Waals surface area (Å²) >= 11 is 0. The third-order valence-electron chi connectivity index (χ3n) is 5.26. The molecule has 0 amide bonds. The average Bonchev–Trinajstić information content (AvgIpc) is 2.49. The fourth-order valence-electron chi connectivity index (χ4n) is 4.33. The molecule has 2 saturated carbocycles. The standard InChI is InChI=1S/C12H22/c1-6-12-8-11(12,5)7-10(3,4)9(12)2/h9H,6-8H2,1-5H3. The molecule has 2 aliphatic carbocycles. The monoisotopic (exact) mass is 166 g/mol. The maximum Gasteiger partial charge on any atom is -0.0210 e. The summed E-state index contributed by atoms with van der Waals surface area (Å²) in [6.45, 7) is 12.3. The van der Waals surface area contributed by atoms with Gasteiger partial charge < -0.3 is 0 Å². The van der Waals surface area contributed by atoms with Crippen LogP contribution in [0.2, 0.25) is 0 Å². The van der Waals surface area contributed by atoms with Gasteiger partial charge in [-0.25, -0.2) is 0 Å². The SMILES string of the molecule is CCC12CC1(C)CC(C)(C)C2C. The Morgan fingerprint density at radius 2 is 1.75 bits per heavy atom. The van der Waals surface area contributed by atoms with E-state index in [4.69, 9.17) is 0 Å². The molecule has 12 heavy (non-hydrogen) atoms. The highest BCUT2D eigenvalue weighted by Crippen LogP contribution is 2.81. The number of hydrogen-bond acceptors (Lipinski definition) is 0. The third kappa shape index (κ3) is 0.701. The Morgan fingerprint density at radius 3 is 2.00 bits per heavy atom. The lowest BCUT2D eigenvalue weighted by Crippen LogP contribution is -2.23. The highest BCUT2D eigenvalue weighted by molar-refractivity contribution is 5.22. The second-order valence-corrected chi connectivity index (χ2v) is 6.13. The van der Waals surface area contributed by atoms with Gasteiger partial charge in [0.1, 0.15) is 0 Å². The first-order valence-electron chi connectivity index (χ1n) is 5.38. The first-order valence-corrected chi connectivity index (χ1v) is 5.38. The molecule has 0 aliphatic heterocycles. The Kier molecular flexibility index (Phi) is 1.37. The van der Waals surface area contributed by atoms with Gasteiger partial charge >= 0.3 is 0 Å². The summed E-state index contributed by atoms with van der Waals surface area (Å²) < 4.78 is 0. The molecule has 0 saturated heterocycles. The molecule has 0 heteroatoms. The quantitative estimate of drug-likeness (QED) is 0.555. The zero-order valence-electron chi connectivity index (χ0n) is 9.20. The summed E-state index contributed by atoms with van der Waals surface area (Å²) in [5.74, 6) is 0.931. The molecule has 3 atom stereocenters. The minimum atomic E-state index is 0.600. The lowest BCUT2D eigenvalue weighted by Gasteiger charge is -2.31. The molecule has 70 valence electrons. The lowest BCUT2D eigenvalue weighted by molar-refractivity contribution is 0.184. The average molecular weight is 166 g/mol. The predicted molar refractivity (Wildman–Crippen MR) is 53.0 cm³/mol. The van der Waals surface area contributed by atoms with E-state index >= 15 is 0 Å². The van der Waals surface area contributed by atoms with Crippen molar-refractivity contribution in [2.24, 2.45) is 22.2 Å². The van der Waals surface area contributed by atoms with Crippen LogP contribution >= 0.6 is 0 Å². The zero-order valence-corrected chi connectivity index (χ0v) is 9.20. The van der Waals surface area contributed by atoms with Crippen molar-refractivity contribution in [1.82, 2.24) is 0 Å². The molecule has 0 radical (unpaired) electrons. The Labute approximate surface area is 76.7 Å². The van der Waals surface area contributed by atoms with Crippen LogP contribution in [0.5, 0.6) is 0 Å². The molecule has 0 nitrogen and oxygen atoms in total. The molecular formula is C12H22. The second-order valence-electron chi connectivity index (χ2n) is 6.13. The molecule has 0 aromatic carbocycles. The topological polar surface area (TPSA) is 0 Å². The van der Waals surface area contributed by atoms with Crippen LogP contribution in [0.25, 0.3) is 0 Å². The molecule has 0 N–H and O–H groups in total. The van der Waals surface area contributed by atoms with Crippen LogP contribution in [0.1, 0.15) is 53.9 Å². The second kappa shape index (κ2) is 1.91. The van der Waals surface area contributed by atoms with E-state index in [2.05, 4.69) is 34.6 Å². The van der Waals surface area contributed by atoms with Crippen molar-refractivity contribution in [3.05, 3.63) is 0 Å². The van der Waals surface area contributed by atoms with Gasteiger partial charge in [0.2, 0.25) is 0 Å². The highest BCUT2D eigenvalue weighted by Gasteiger charge is 2.73. The minimum Gasteiger partial charge on any atom is -0.0648 e. The van der Waals surface area contributed by atoms with E-state index in [9.17, 15) is 0 Å². The Balaban J connectivity index is 2.32. The van der Waals surface area contributed by atoms with E-state index in [1.165, 1.54) is 19.3 Å². The highest BCUT2D eigenvalue weighted by atomic mass is 14.8. The first kappa shape index (κ1) is 8.59. The van der Waals surface area contributed by atoms with Gasteiger partial charge in [-0.1, -0.05) is 34.6 Å². The molecule has 2 rings (SSSR count). The van der Waals surface area contributed by atoms with Gasteiger partial charge in [0.25, 0.3) is 0 Å². The molecule has 0 aromatic heterocycles. The van der Waals surface area contributed by atoms with Gasteiger partial charge in [-0.3, -0.25) is 0 Å². The molecule has 2 fully saturated rings. The van der Waals surface area contributed by atoms with E-state index in [1.54, 1.807) is 0 Å². The van der Waals surface area contributed by atoms with Crippen molar-refractivity contribution >= 4 is 0 Å². The van der Waals surface area contributed by atoms with Crippen LogP contribution < -0.4 is 0 Å². The van der Waals surface area contributed by atoms with Gasteiger partial charge in [0.05, 0.1) is 0 Å². The van der Waals surface area contributed by atoms with Gasteiger partial charge in [0, 0.05) is 0 Å². The number of hydrogen-bond donors (Lipinski definition) is 0. The van der Waals surface area contributed by atoms with E-state index in [0.29, 0.717) is 10.8 Å². The maximum atomic E-state index is 2.50. The molecule has 2 aliphatic rings. The van der Waals surface area contributed by atoms with Gasteiger partial charge in [-0.15, -0.1) is 0 Å². The Morgan fingerprint density at radius 1 is 1.17 bits per heavy atom. The summed E-state index contributed by atoms with van der Waals surface area (Å²) in [5.41, 5.74) is 2.05. The molecule has 0 heterocycles. The predicted octanol–water partition coefficient (Wildman–Crippen LogP) is 3.86. The van der Waals surface area contributed by atoms with E-state index in [0.717, 1.165) is 11.3 Å². The van der Waals surface area contributed by atoms with E-state index in [-0.39, 0.29) is 0 Å². The fourth-order valence-corrected chi connectivity index (χ4v) is 4.33. The largest absolute Gasteiger partial charge is 0.0648 e. The summed E-state index contributed by atoms with van der Waals surface area (Å²) in [7, 11) is 0. The number of fused-ring (bicyclic) bond motifs is 1. The third-order valence-corrected chi connectivity index (χ3v) is 5.26. The molecule has 0 spiro atoms. The normalized spacial score (nSPS) is 55.2. The van der Waals surface area contributed by atoms with E-state index < -0.39 is 0 Å². The molecule has 0 aromatic rings. The summed E-state index contributed by atoms with van der Waals surface area (Å²) in [6.07, 6.45) is 4.35. The Hall–Kier alpha value is 0. The van der Waals surface area contributed by atoms with Crippen molar-refractivity contribution < 1.29 is 0 Å². The van der Waals surface area contributed by atoms with Crippen LogP contribution in [-0.2, 0) is 0 Å². The molecular weight excluding hydrogens is 144 g/mol. The van der Waals surface area contributed by atoms with Gasteiger partial charge in [-0.05, 0) is 41.4 Å². The minimum absolute atomic E-state index is 0.600. The van der Waals surface area contributed by atoms with Crippen molar-refractivity contribution in [2.75, 3.05) is 0 Å². The summed E-state index contributed by atoms with van der Waals surface area (Å²) in [4.78, 5) is 0.